The van der Waals surface area contributed by atoms with Crippen LogP contribution in [0.2, 0.25) is 0 Å². The second-order valence-electron chi connectivity index (χ2n) is 5.74. The normalized spacial score (nSPS) is 13.5. The van der Waals surface area contributed by atoms with Gasteiger partial charge in [0.15, 0.2) is 0 Å². The van der Waals surface area contributed by atoms with E-state index < -0.39 is 0 Å². The van der Waals surface area contributed by atoms with E-state index in [0.29, 0.717) is 27.7 Å². The molecule has 7 nitrogen and oxygen atoms in total. The third-order valence-corrected chi connectivity index (χ3v) is 5.33. The Balaban J connectivity index is 1.73. The number of aromatic nitrogens is 4. The SMILES string of the molecule is Cc1cc(C(=O)Nc2sc3c(c2C#N)CCCC3)n2ncnc2n1. The van der Waals surface area contributed by atoms with Gasteiger partial charge in [0.05, 0.1) is 5.56 Å². The summed E-state index contributed by atoms with van der Waals surface area (Å²) in [7, 11) is 0. The van der Waals surface area contributed by atoms with E-state index in [1.807, 2.05) is 0 Å². The summed E-state index contributed by atoms with van der Waals surface area (Å²) in [6, 6.07) is 3.92. The summed E-state index contributed by atoms with van der Waals surface area (Å²) < 4.78 is 1.40. The molecule has 1 aliphatic carbocycles. The second-order valence-corrected chi connectivity index (χ2v) is 6.84. The molecule has 0 aromatic carbocycles. The standard InChI is InChI=1S/C16H14N6OS/c1-9-6-12(22-16(20-9)18-8-19-22)14(23)21-15-11(7-17)10-4-2-3-5-13(10)24-15/h6,8H,2-5H2,1H3,(H,21,23). The van der Waals surface area contributed by atoms with Crippen LogP contribution in [0.15, 0.2) is 12.4 Å². The Labute approximate surface area is 142 Å². The zero-order valence-corrected chi connectivity index (χ0v) is 13.9. The molecule has 8 heteroatoms. The Bertz CT molecular complexity index is 996. The van der Waals surface area contributed by atoms with Crippen LogP contribution in [0.3, 0.4) is 0 Å². The molecule has 4 rings (SSSR count). The Hall–Kier alpha value is -2.79. The molecule has 0 saturated heterocycles. The number of nitrogens with zero attached hydrogens (tertiary/aromatic N) is 5. The summed E-state index contributed by atoms with van der Waals surface area (Å²) in [6.07, 6.45) is 5.48. The third-order valence-electron chi connectivity index (χ3n) is 4.12. The van der Waals surface area contributed by atoms with Gasteiger partial charge in [-0.1, -0.05) is 0 Å². The smallest absolute Gasteiger partial charge is 0.275 e. The number of nitriles is 1. The lowest BCUT2D eigenvalue weighted by atomic mass is 9.96. The number of rotatable bonds is 2. The van der Waals surface area contributed by atoms with Crippen LogP contribution < -0.4 is 5.32 Å². The number of carbonyl (C=O) groups is 1. The van der Waals surface area contributed by atoms with Crippen molar-refractivity contribution in [3.05, 3.63) is 39.8 Å². The van der Waals surface area contributed by atoms with Crippen LogP contribution >= 0.6 is 11.3 Å². The molecule has 3 aromatic rings. The lowest BCUT2D eigenvalue weighted by molar-refractivity contribution is 0.102. The lowest BCUT2D eigenvalue weighted by Crippen LogP contribution is -2.17. The highest BCUT2D eigenvalue weighted by Crippen LogP contribution is 2.37. The Morgan fingerprint density at radius 1 is 1.42 bits per heavy atom. The molecule has 0 fully saturated rings. The topological polar surface area (TPSA) is 96.0 Å². The molecule has 24 heavy (non-hydrogen) atoms. The number of aryl methyl sites for hydroxylation is 2. The number of thiophene rings is 1. The lowest BCUT2D eigenvalue weighted by Gasteiger charge is -2.09. The molecule has 0 spiro atoms. The molecule has 0 atom stereocenters. The molecule has 0 aliphatic heterocycles. The Kier molecular flexibility index (Phi) is 3.50. The highest BCUT2D eigenvalue weighted by atomic mass is 32.1. The van der Waals surface area contributed by atoms with E-state index in [1.54, 1.807) is 13.0 Å². The summed E-state index contributed by atoms with van der Waals surface area (Å²) in [4.78, 5) is 22.2. The monoisotopic (exact) mass is 338 g/mol. The van der Waals surface area contributed by atoms with Crippen LogP contribution in [0.5, 0.6) is 0 Å². The highest BCUT2D eigenvalue weighted by molar-refractivity contribution is 7.16. The van der Waals surface area contributed by atoms with Crippen molar-refractivity contribution in [2.24, 2.45) is 0 Å². The average molecular weight is 338 g/mol. The third kappa shape index (κ3) is 2.34. The molecule has 0 saturated carbocycles. The first-order valence-corrected chi connectivity index (χ1v) is 8.52. The zero-order valence-electron chi connectivity index (χ0n) is 13.0. The number of fused-ring (bicyclic) bond motifs is 2. The van der Waals surface area contributed by atoms with Crippen LogP contribution in [0.1, 0.15) is 45.0 Å². The minimum Gasteiger partial charge on any atom is -0.311 e. The first-order valence-electron chi connectivity index (χ1n) is 7.70. The van der Waals surface area contributed by atoms with Crippen molar-refractivity contribution in [2.75, 3.05) is 5.32 Å². The van der Waals surface area contributed by atoms with Crippen LogP contribution in [0.4, 0.5) is 5.00 Å². The Morgan fingerprint density at radius 2 is 2.25 bits per heavy atom. The molecule has 3 heterocycles. The quantitative estimate of drug-likeness (QED) is 0.774. The molecule has 0 radical (unpaired) electrons. The minimum atomic E-state index is -0.314. The van der Waals surface area contributed by atoms with Gasteiger partial charge in [0.1, 0.15) is 23.1 Å². The molecule has 0 bridgehead atoms. The summed E-state index contributed by atoms with van der Waals surface area (Å²) in [5.74, 6) is 0.0669. The van der Waals surface area contributed by atoms with Crippen LogP contribution in [-0.4, -0.2) is 25.5 Å². The van der Waals surface area contributed by atoms with Gasteiger partial charge in [-0.2, -0.15) is 19.9 Å². The van der Waals surface area contributed by atoms with Gasteiger partial charge < -0.3 is 5.32 Å². The van der Waals surface area contributed by atoms with E-state index in [-0.39, 0.29) is 5.91 Å². The van der Waals surface area contributed by atoms with E-state index in [9.17, 15) is 10.1 Å². The molecule has 1 aliphatic rings. The minimum absolute atomic E-state index is 0.314. The van der Waals surface area contributed by atoms with Gasteiger partial charge >= 0.3 is 0 Å². The number of carbonyl (C=O) groups excluding carboxylic acids is 1. The van der Waals surface area contributed by atoms with Gasteiger partial charge in [-0.15, -0.1) is 11.3 Å². The van der Waals surface area contributed by atoms with Crippen molar-refractivity contribution in [1.29, 1.82) is 5.26 Å². The molecule has 1 N–H and O–H groups in total. The predicted octanol–water partition coefficient (Wildman–Crippen LogP) is 2.50. The number of anilines is 1. The number of hydrogen-bond donors (Lipinski definition) is 1. The average Bonchev–Trinajstić information content (AvgIpc) is 3.17. The zero-order chi connectivity index (χ0) is 16.7. The maximum atomic E-state index is 12.7. The largest absolute Gasteiger partial charge is 0.311 e. The van der Waals surface area contributed by atoms with E-state index in [0.717, 1.165) is 31.2 Å². The summed E-state index contributed by atoms with van der Waals surface area (Å²) in [5.41, 5.74) is 2.74. The first kappa shape index (κ1) is 14.8. The van der Waals surface area contributed by atoms with Gasteiger partial charge in [0.2, 0.25) is 0 Å². The van der Waals surface area contributed by atoms with Crippen molar-refractivity contribution in [3.63, 3.8) is 0 Å². The summed E-state index contributed by atoms with van der Waals surface area (Å²) in [6.45, 7) is 1.80. The summed E-state index contributed by atoms with van der Waals surface area (Å²) in [5, 5.41) is 17.1. The van der Waals surface area contributed by atoms with Gasteiger partial charge in [-0.25, -0.2) is 4.98 Å². The van der Waals surface area contributed by atoms with E-state index in [4.69, 9.17) is 0 Å². The van der Waals surface area contributed by atoms with Crippen LogP contribution in [0, 0.1) is 18.3 Å². The van der Waals surface area contributed by atoms with Crippen molar-refractivity contribution >= 4 is 28.0 Å². The molecular weight excluding hydrogens is 324 g/mol. The van der Waals surface area contributed by atoms with Gasteiger partial charge in [0, 0.05) is 10.6 Å². The highest BCUT2D eigenvalue weighted by Gasteiger charge is 2.23. The predicted molar refractivity (Wildman–Crippen MR) is 89.1 cm³/mol. The first-order chi connectivity index (χ1) is 11.7. The fraction of sp³-hybridized carbons (Fsp3) is 0.312. The van der Waals surface area contributed by atoms with Gasteiger partial charge in [-0.3, -0.25) is 4.79 Å². The van der Waals surface area contributed by atoms with E-state index in [2.05, 4.69) is 26.5 Å². The molecule has 0 unspecified atom stereocenters. The molecule has 120 valence electrons. The maximum absolute atomic E-state index is 12.7. The second kappa shape index (κ2) is 5.69. The van der Waals surface area contributed by atoms with Crippen LogP contribution in [-0.2, 0) is 12.8 Å². The van der Waals surface area contributed by atoms with Crippen molar-refractivity contribution in [2.45, 2.75) is 32.6 Å². The van der Waals surface area contributed by atoms with E-state index >= 15 is 0 Å². The Morgan fingerprint density at radius 3 is 3.08 bits per heavy atom. The number of amides is 1. The molecule has 1 amide bonds. The fourth-order valence-corrected chi connectivity index (χ4v) is 4.27. The van der Waals surface area contributed by atoms with Crippen molar-refractivity contribution in [3.8, 4) is 6.07 Å². The van der Waals surface area contributed by atoms with Crippen molar-refractivity contribution in [1.82, 2.24) is 19.6 Å². The number of nitrogens with one attached hydrogen (secondary N) is 1. The van der Waals surface area contributed by atoms with Crippen molar-refractivity contribution < 1.29 is 4.79 Å². The fourth-order valence-electron chi connectivity index (χ4n) is 3.03. The summed E-state index contributed by atoms with van der Waals surface area (Å²) >= 11 is 1.51. The van der Waals surface area contributed by atoms with Gasteiger partial charge in [-0.05, 0) is 44.2 Å². The molecular formula is C16H14N6OS. The maximum Gasteiger partial charge on any atom is 0.275 e. The molecule has 3 aromatic heterocycles. The van der Waals surface area contributed by atoms with E-state index in [1.165, 1.54) is 27.1 Å². The number of hydrogen-bond acceptors (Lipinski definition) is 6. The van der Waals surface area contributed by atoms with Gasteiger partial charge in [0.25, 0.3) is 11.7 Å². The van der Waals surface area contributed by atoms with Crippen LogP contribution in [0.25, 0.3) is 5.78 Å².